The van der Waals surface area contributed by atoms with Crippen LogP contribution in [0.15, 0.2) is 5.34 Å². The molecule has 3 nitrogen and oxygen atoms in total. The predicted molar refractivity (Wildman–Crippen MR) is 45.1 cm³/mol. The minimum Gasteiger partial charge on any atom is -0.361 e. The summed E-state index contributed by atoms with van der Waals surface area (Å²) >= 11 is 0. The van der Waals surface area contributed by atoms with Gasteiger partial charge >= 0.3 is 0 Å². The van der Waals surface area contributed by atoms with Crippen molar-refractivity contribution in [3.63, 3.8) is 0 Å². The van der Waals surface area contributed by atoms with Gasteiger partial charge in [0.2, 0.25) is 0 Å². The van der Waals surface area contributed by atoms with Crippen LogP contribution in [-0.2, 0) is 4.84 Å². The molecule has 0 saturated carbocycles. The summed E-state index contributed by atoms with van der Waals surface area (Å²) in [6.07, 6.45) is 5.78. The first-order valence-electron chi connectivity index (χ1n) is 4.29. The molecule has 66 valence electrons. The molecular weight excluding hydrogens is 142 g/mol. The van der Waals surface area contributed by atoms with Crippen molar-refractivity contribution < 1.29 is 4.84 Å². The molecule has 0 rings (SSSR count). The highest BCUT2D eigenvalue weighted by molar-refractivity contribution is 4.49. The van der Waals surface area contributed by atoms with Gasteiger partial charge in [0.25, 0.3) is 0 Å². The highest BCUT2D eigenvalue weighted by atomic mass is 16.7. The number of nitrogens with zero attached hydrogens (tertiary/aromatic N) is 1. The van der Waals surface area contributed by atoms with Crippen molar-refractivity contribution in [2.75, 3.05) is 0 Å². The first-order chi connectivity index (χ1) is 5.31. The number of rotatable bonds is 7. The summed E-state index contributed by atoms with van der Waals surface area (Å²) < 4.78 is 0. The van der Waals surface area contributed by atoms with Gasteiger partial charge < -0.3 is 4.84 Å². The molecule has 0 aliphatic carbocycles. The lowest BCUT2D eigenvalue weighted by Crippen LogP contribution is -2.02. The van der Waals surface area contributed by atoms with Gasteiger partial charge in [0.05, 0.1) is 0 Å². The molecule has 0 spiro atoms. The molecule has 0 heterocycles. The largest absolute Gasteiger partial charge is 0.361 e. The van der Waals surface area contributed by atoms with Crippen LogP contribution in [0, 0.1) is 4.91 Å². The number of unbranched alkanes of at least 4 members (excludes halogenated alkanes) is 3. The quantitative estimate of drug-likeness (QED) is 0.325. The highest BCUT2D eigenvalue weighted by Gasteiger charge is 2.00. The molecule has 0 N–H and O–H groups in total. The van der Waals surface area contributed by atoms with Crippen LogP contribution in [0.3, 0.4) is 0 Å². The minimum absolute atomic E-state index is 0.00986. The molecule has 1 atom stereocenters. The van der Waals surface area contributed by atoms with Crippen molar-refractivity contribution in [1.29, 1.82) is 0 Å². The van der Waals surface area contributed by atoms with Gasteiger partial charge in [-0.2, -0.15) is 0 Å². The van der Waals surface area contributed by atoms with Crippen LogP contribution in [-0.4, -0.2) is 6.10 Å². The molecule has 0 bridgehead atoms. The number of hydrogen-bond donors (Lipinski definition) is 0. The maximum absolute atomic E-state index is 9.63. The van der Waals surface area contributed by atoms with Crippen molar-refractivity contribution in [3.8, 4) is 0 Å². The second-order valence-electron chi connectivity index (χ2n) is 2.84. The highest BCUT2D eigenvalue weighted by Crippen LogP contribution is 2.07. The summed E-state index contributed by atoms with van der Waals surface area (Å²) in [5.74, 6) is 0. The van der Waals surface area contributed by atoms with Gasteiger partial charge in [-0.05, 0) is 19.8 Å². The molecule has 0 aliphatic rings. The van der Waals surface area contributed by atoms with Crippen molar-refractivity contribution in [2.45, 2.75) is 52.1 Å². The Balaban J connectivity index is 3.03. The van der Waals surface area contributed by atoms with Crippen LogP contribution in [0.2, 0.25) is 0 Å². The van der Waals surface area contributed by atoms with E-state index in [9.17, 15) is 4.91 Å². The average molecular weight is 159 g/mol. The first kappa shape index (κ1) is 10.4. The van der Waals surface area contributed by atoms with Crippen LogP contribution in [0.1, 0.15) is 46.0 Å². The van der Waals surface area contributed by atoms with Crippen molar-refractivity contribution in [2.24, 2.45) is 5.34 Å². The van der Waals surface area contributed by atoms with Crippen LogP contribution < -0.4 is 0 Å². The monoisotopic (exact) mass is 159 g/mol. The van der Waals surface area contributed by atoms with Gasteiger partial charge in [-0.1, -0.05) is 26.2 Å². The minimum atomic E-state index is -0.00986. The Morgan fingerprint density at radius 1 is 1.36 bits per heavy atom. The van der Waals surface area contributed by atoms with Crippen LogP contribution >= 0.6 is 0 Å². The van der Waals surface area contributed by atoms with Crippen molar-refractivity contribution >= 4 is 0 Å². The summed E-state index contributed by atoms with van der Waals surface area (Å²) in [5.41, 5.74) is 0. The van der Waals surface area contributed by atoms with Crippen molar-refractivity contribution in [1.82, 2.24) is 0 Å². The molecule has 0 amide bonds. The van der Waals surface area contributed by atoms with E-state index in [2.05, 4.69) is 17.1 Å². The first-order valence-corrected chi connectivity index (χ1v) is 4.29. The molecule has 0 aromatic heterocycles. The van der Waals surface area contributed by atoms with E-state index in [1.165, 1.54) is 19.3 Å². The van der Waals surface area contributed by atoms with E-state index in [0.717, 1.165) is 12.8 Å². The third-order valence-corrected chi connectivity index (χ3v) is 1.69. The Labute approximate surface area is 68.1 Å². The molecule has 0 fully saturated rings. The molecule has 0 radical (unpaired) electrons. The lowest BCUT2D eigenvalue weighted by atomic mass is 10.1. The maximum Gasteiger partial charge on any atom is 0.155 e. The standard InChI is InChI=1S/C8H17NO2/c1-3-4-5-6-7-8(2)11-9-10/h8H,3-7H2,1-2H3/t8-/m0/s1. The van der Waals surface area contributed by atoms with Gasteiger partial charge in [-0.15, -0.1) is 4.91 Å². The zero-order valence-corrected chi connectivity index (χ0v) is 7.38. The lowest BCUT2D eigenvalue weighted by molar-refractivity contribution is 0.0607. The van der Waals surface area contributed by atoms with Gasteiger partial charge in [0, 0.05) is 0 Å². The molecular formula is C8H17NO2. The lowest BCUT2D eigenvalue weighted by Gasteiger charge is -2.05. The van der Waals surface area contributed by atoms with Gasteiger partial charge in [0.1, 0.15) is 6.10 Å². The Morgan fingerprint density at radius 2 is 2.09 bits per heavy atom. The third kappa shape index (κ3) is 7.30. The van der Waals surface area contributed by atoms with E-state index in [-0.39, 0.29) is 6.10 Å². The van der Waals surface area contributed by atoms with E-state index in [1.807, 2.05) is 6.92 Å². The fourth-order valence-electron chi connectivity index (χ4n) is 0.985. The molecule has 0 aromatic carbocycles. The smallest absolute Gasteiger partial charge is 0.155 e. The Kier molecular flexibility index (Phi) is 7.10. The zero-order valence-electron chi connectivity index (χ0n) is 7.38. The molecule has 3 heteroatoms. The summed E-state index contributed by atoms with van der Waals surface area (Å²) in [5, 5.41) is 2.38. The Morgan fingerprint density at radius 3 is 2.64 bits per heavy atom. The van der Waals surface area contributed by atoms with E-state index >= 15 is 0 Å². The fourth-order valence-corrected chi connectivity index (χ4v) is 0.985. The predicted octanol–water partition coefficient (Wildman–Crippen LogP) is 3.04. The van der Waals surface area contributed by atoms with E-state index in [1.54, 1.807) is 0 Å². The van der Waals surface area contributed by atoms with Gasteiger partial charge in [-0.25, -0.2) is 0 Å². The Bertz CT molecular complexity index is 96.1. The molecule has 0 unspecified atom stereocenters. The topological polar surface area (TPSA) is 38.7 Å². The second-order valence-corrected chi connectivity index (χ2v) is 2.84. The molecule has 11 heavy (non-hydrogen) atoms. The van der Waals surface area contributed by atoms with Gasteiger partial charge in [0.15, 0.2) is 5.34 Å². The van der Waals surface area contributed by atoms with E-state index < -0.39 is 0 Å². The molecule has 0 saturated heterocycles. The number of hydrogen-bond acceptors (Lipinski definition) is 3. The zero-order chi connectivity index (χ0) is 8.53. The Hall–Kier alpha value is -0.600. The normalized spacial score (nSPS) is 12.5. The van der Waals surface area contributed by atoms with Crippen molar-refractivity contribution in [3.05, 3.63) is 4.91 Å². The maximum atomic E-state index is 9.63. The molecule has 0 aromatic rings. The third-order valence-electron chi connectivity index (χ3n) is 1.69. The van der Waals surface area contributed by atoms with E-state index in [0.29, 0.717) is 0 Å². The summed E-state index contributed by atoms with van der Waals surface area (Å²) in [7, 11) is 0. The summed E-state index contributed by atoms with van der Waals surface area (Å²) in [4.78, 5) is 14.1. The second kappa shape index (κ2) is 7.51. The average Bonchev–Trinajstić information content (AvgIpc) is 1.99. The summed E-state index contributed by atoms with van der Waals surface area (Å²) in [6.45, 7) is 4.04. The van der Waals surface area contributed by atoms with Gasteiger partial charge in [-0.3, -0.25) is 0 Å². The SMILES string of the molecule is CCCCCC[C@H](C)ON=O. The van der Waals surface area contributed by atoms with Crippen LogP contribution in [0.5, 0.6) is 0 Å². The van der Waals surface area contributed by atoms with Crippen LogP contribution in [0.25, 0.3) is 0 Å². The van der Waals surface area contributed by atoms with Crippen LogP contribution in [0.4, 0.5) is 0 Å². The summed E-state index contributed by atoms with van der Waals surface area (Å²) in [6, 6.07) is 0. The molecule has 0 aliphatic heterocycles. The fraction of sp³-hybridized carbons (Fsp3) is 1.00. The van der Waals surface area contributed by atoms with E-state index in [4.69, 9.17) is 0 Å².